The van der Waals surface area contributed by atoms with Crippen LogP contribution in [0.1, 0.15) is 15.9 Å². The number of nitrogens with one attached hydrogen (secondary N) is 2. The maximum absolute atomic E-state index is 12.8. The van der Waals surface area contributed by atoms with Crippen molar-refractivity contribution < 1.29 is 14.4 Å². The summed E-state index contributed by atoms with van der Waals surface area (Å²) in [6.07, 6.45) is 1.06. The molecule has 2 aromatic rings. The molecule has 2 N–H and O–H groups in total. The van der Waals surface area contributed by atoms with Gasteiger partial charge in [-0.15, -0.1) is 0 Å². The van der Waals surface area contributed by atoms with E-state index in [1.54, 1.807) is 30.3 Å². The third-order valence-electron chi connectivity index (χ3n) is 4.00. The molecular formula is C19H15ClN4O3S. The fourth-order valence-corrected chi connectivity index (χ4v) is 3.05. The minimum atomic E-state index is -1.24. The summed E-state index contributed by atoms with van der Waals surface area (Å²) in [6.45, 7) is 1.92. The Labute approximate surface area is 171 Å². The fraction of sp³-hybridized carbons (Fsp3) is 0.105. The highest BCUT2D eigenvalue weighted by Crippen LogP contribution is 2.21. The predicted octanol–water partition coefficient (Wildman–Crippen LogP) is 2.43. The standard InChI is InChI=1S/C19H15ClN4O3S/c1-11-6-8-12(9-7-11)24-18(27)14(16(25)22-19(24)28)10-21-23-17(26)13-4-2-3-5-15(13)20/h2-10,14H,1H3,(H,23,26)(H,22,25,28)/b21-10+/t14-/m0/s1. The monoisotopic (exact) mass is 414 g/mol. The average Bonchev–Trinajstić information content (AvgIpc) is 2.66. The van der Waals surface area contributed by atoms with Gasteiger partial charge < -0.3 is 5.32 Å². The molecule has 0 spiro atoms. The average molecular weight is 415 g/mol. The lowest BCUT2D eigenvalue weighted by Crippen LogP contribution is -2.58. The Morgan fingerprint density at radius 1 is 1.21 bits per heavy atom. The highest BCUT2D eigenvalue weighted by molar-refractivity contribution is 7.80. The van der Waals surface area contributed by atoms with Crippen molar-refractivity contribution in [2.45, 2.75) is 6.92 Å². The number of hydrazone groups is 1. The SMILES string of the molecule is Cc1ccc(N2C(=O)[C@@H](/C=N/NC(=O)c3ccccc3Cl)C(=O)NC2=S)cc1. The van der Waals surface area contributed by atoms with Gasteiger partial charge in [0.05, 0.1) is 16.3 Å². The third-order valence-corrected chi connectivity index (χ3v) is 4.62. The van der Waals surface area contributed by atoms with Crippen LogP contribution in [-0.4, -0.2) is 29.0 Å². The second kappa shape index (κ2) is 8.28. The smallest absolute Gasteiger partial charge is 0.272 e. The number of nitrogens with zero attached hydrogens (tertiary/aromatic N) is 2. The molecule has 0 aliphatic carbocycles. The van der Waals surface area contributed by atoms with Gasteiger partial charge >= 0.3 is 0 Å². The van der Waals surface area contributed by atoms with Crippen LogP contribution in [0.4, 0.5) is 5.69 Å². The van der Waals surface area contributed by atoms with Gasteiger partial charge in [-0.3, -0.25) is 19.3 Å². The van der Waals surface area contributed by atoms with Gasteiger partial charge in [0.1, 0.15) is 0 Å². The zero-order valence-corrected chi connectivity index (χ0v) is 16.3. The summed E-state index contributed by atoms with van der Waals surface area (Å²) in [6, 6.07) is 13.6. The van der Waals surface area contributed by atoms with Crippen LogP contribution in [0.25, 0.3) is 0 Å². The van der Waals surface area contributed by atoms with E-state index in [-0.39, 0.29) is 15.7 Å². The number of amides is 3. The first-order valence-electron chi connectivity index (χ1n) is 8.22. The Balaban J connectivity index is 1.76. The van der Waals surface area contributed by atoms with Crippen molar-refractivity contribution in [2.24, 2.45) is 11.0 Å². The Bertz CT molecular complexity index is 991. The van der Waals surface area contributed by atoms with Gasteiger partial charge in [-0.2, -0.15) is 5.10 Å². The molecule has 28 heavy (non-hydrogen) atoms. The number of carbonyl (C=O) groups is 3. The molecule has 1 aliphatic rings. The lowest BCUT2D eigenvalue weighted by Gasteiger charge is -2.30. The van der Waals surface area contributed by atoms with Gasteiger partial charge in [0.2, 0.25) is 5.91 Å². The molecule has 1 heterocycles. The van der Waals surface area contributed by atoms with Crippen molar-refractivity contribution >= 4 is 58.6 Å². The van der Waals surface area contributed by atoms with Crippen molar-refractivity contribution in [3.8, 4) is 0 Å². The molecule has 1 aliphatic heterocycles. The molecule has 0 bridgehead atoms. The molecule has 2 aromatic carbocycles. The minimum absolute atomic E-state index is 0.0105. The van der Waals surface area contributed by atoms with E-state index in [0.717, 1.165) is 11.8 Å². The van der Waals surface area contributed by atoms with Crippen molar-refractivity contribution in [2.75, 3.05) is 4.90 Å². The predicted molar refractivity (Wildman–Crippen MR) is 110 cm³/mol. The zero-order chi connectivity index (χ0) is 20.3. The maximum Gasteiger partial charge on any atom is 0.272 e. The molecule has 0 saturated carbocycles. The number of rotatable bonds is 4. The van der Waals surface area contributed by atoms with E-state index >= 15 is 0 Å². The van der Waals surface area contributed by atoms with Crippen LogP contribution in [0.15, 0.2) is 53.6 Å². The number of benzene rings is 2. The normalized spacial score (nSPS) is 17.0. The van der Waals surface area contributed by atoms with Crippen LogP contribution in [0.2, 0.25) is 5.02 Å². The third kappa shape index (κ3) is 4.08. The first kappa shape index (κ1) is 19.7. The zero-order valence-electron chi connectivity index (χ0n) is 14.7. The number of hydrogen-bond donors (Lipinski definition) is 2. The second-order valence-corrected chi connectivity index (χ2v) is 6.77. The first-order valence-corrected chi connectivity index (χ1v) is 9.00. The van der Waals surface area contributed by atoms with Gasteiger partial charge in [0, 0.05) is 6.21 Å². The highest BCUT2D eigenvalue weighted by Gasteiger charge is 2.38. The molecule has 3 amide bonds. The van der Waals surface area contributed by atoms with Gasteiger partial charge in [0.25, 0.3) is 11.8 Å². The maximum atomic E-state index is 12.8. The van der Waals surface area contributed by atoms with E-state index in [1.165, 1.54) is 11.0 Å². The van der Waals surface area contributed by atoms with Crippen molar-refractivity contribution in [3.63, 3.8) is 0 Å². The fourth-order valence-electron chi connectivity index (χ4n) is 2.54. The Hall–Kier alpha value is -3.10. The lowest BCUT2D eigenvalue weighted by molar-refractivity contribution is -0.130. The van der Waals surface area contributed by atoms with Gasteiger partial charge in [-0.1, -0.05) is 41.4 Å². The summed E-state index contributed by atoms with van der Waals surface area (Å²) < 4.78 is 0. The van der Waals surface area contributed by atoms with Gasteiger partial charge in [-0.25, -0.2) is 5.43 Å². The van der Waals surface area contributed by atoms with Crippen LogP contribution in [0.5, 0.6) is 0 Å². The Kier molecular flexibility index (Phi) is 5.81. The summed E-state index contributed by atoms with van der Waals surface area (Å²) in [5, 5.41) is 6.47. The van der Waals surface area contributed by atoms with Crippen LogP contribution in [0, 0.1) is 12.8 Å². The van der Waals surface area contributed by atoms with E-state index in [4.69, 9.17) is 23.8 Å². The van der Waals surface area contributed by atoms with Crippen LogP contribution in [0.3, 0.4) is 0 Å². The molecule has 0 aromatic heterocycles. The number of hydrogen-bond acceptors (Lipinski definition) is 5. The largest absolute Gasteiger partial charge is 0.301 e. The van der Waals surface area contributed by atoms with Crippen LogP contribution < -0.4 is 15.6 Å². The lowest BCUT2D eigenvalue weighted by atomic mass is 10.1. The molecule has 0 radical (unpaired) electrons. The molecule has 142 valence electrons. The number of carbonyl (C=O) groups excluding carboxylic acids is 3. The molecule has 9 heteroatoms. The Morgan fingerprint density at radius 2 is 1.89 bits per heavy atom. The highest BCUT2D eigenvalue weighted by atomic mass is 35.5. The van der Waals surface area contributed by atoms with Gasteiger partial charge in [0.15, 0.2) is 11.0 Å². The van der Waals surface area contributed by atoms with E-state index in [1.807, 2.05) is 19.1 Å². The van der Waals surface area contributed by atoms with Crippen LogP contribution in [-0.2, 0) is 9.59 Å². The summed E-state index contributed by atoms with van der Waals surface area (Å²) >= 11 is 11.1. The van der Waals surface area contributed by atoms with Crippen molar-refractivity contribution in [3.05, 3.63) is 64.7 Å². The van der Waals surface area contributed by atoms with E-state index in [9.17, 15) is 14.4 Å². The molecule has 3 rings (SSSR count). The summed E-state index contributed by atoms with van der Waals surface area (Å²) in [7, 11) is 0. The topological polar surface area (TPSA) is 90.9 Å². The Morgan fingerprint density at radius 3 is 2.57 bits per heavy atom. The first-order chi connectivity index (χ1) is 13.4. The summed E-state index contributed by atoms with van der Waals surface area (Å²) in [5.74, 6) is -2.97. The number of aryl methyl sites for hydroxylation is 1. The number of thiocarbonyl (C=S) groups is 1. The molecule has 0 unspecified atom stereocenters. The van der Waals surface area contributed by atoms with E-state index < -0.39 is 23.6 Å². The van der Waals surface area contributed by atoms with Crippen molar-refractivity contribution in [1.82, 2.24) is 10.7 Å². The molecule has 1 atom stereocenters. The van der Waals surface area contributed by atoms with E-state index in [0.29, 0.717) is 5.69 Å². The van der Waals surface area contributed by atoms with Gasteiger partial charge in [-0.05, 0) is 43.4 Å². The second-order valence-electron chi connectivity index (χ2n) is 5.98. The van der Waals surface area contributed by atoms with E-state index in [2.05, 4.69) is 15.8 Å². The molecule has 7 nitrogen and oxygen atoms in total. The number of anilines is 1. The summed E-state index contributed by atoms with van der Waals surface area (Å²) in [5.41, 5.74) is 4.03. The van der Waals surface area contributed by atoms with Crippen molar-refractivity contribution in [1.29, 1.82) is 0 Å². The van der Waals surface area contributed by atoms with Crippen LogP contribution >= 0.6 is 23.8 Å². The summed E-state index contributed by atoms with van der Waals surface area (Å²) in [4.78, 5) is 38.3. The minimum Gasteiger partial charge on any atom is -0.301 e. The number of halogens is 1. The molecule has 1 fully saturated rings. The molecular weight excluding hydrogens is 400 g/mol. The molecule has 1 saturated heterocycles. The quantitative estimate of drug-likeness (QED) is 0.348.